The predicted molar refractivity (Wildman–Crippen MR) is 62.3 cm³/mol. The van der Waals surface area contributed by atoms with Crippen molar-refractivity contribution in [1.82, 2.24) is 9.97 Å². The van der Waals surface area contributed by atoms with Crippen molar-refractivity contribution in [2.45, 2.75) is 19.4 Å². The lowest BCUT2D eigenvalue weighted by Crippen LogP contribution is -2.19. The summed E-state index contributed by atoms with van der Waals surface area (Å²) in [6.07, 6.45) is 2.07. The maximum absolute atomic E-state index is 8.77. The molecule has 0 radical (unpaired) electrons. The fourth-order valence-electron chi connectivity index (χ4n) is 1.07. The van der Waals surface area contributed by atoms with E-state index in [0.717, 1.165) is 0 Å². The number of hydrogen-bond acceptors (Lipinski definition) is 6. The van der Waals surface area contributed by atoms with Crippen molar-refractivity contribution in [3.63, 3.8) is 0 Å². The van der Waals surface area contributed by atoms with Crippen LogP contribution in [0.15, 0.2) is 10.8 Å². The molecule has 1 atom stereocenters. The second-order valence-corrected chi connectivity index (χ2v) is 3.88. The van der Waals surface area contributed by atoms with Crippen LogP contribution in [0.4, 0.5) is 11.6 Å². The van der Waals surface area contributed by atoms with E-state index in [0.29, 0.717) is 22.5 Å². The highest BCUT2D eigenvalue weighted by Gasteiger charge is 2.09. The summed E-state index contributed by atoms with van der Waals surface area (Å²) < 4.78 is 0.678. The lowest BCUT2D eigenvalue weighted by atomic mass is 10.2. The van der Waals surface area contributed by atoms with Gasteiger partial charge in [0.25, 0.3) is 0 Å². The van der Waals surface area contributed by atoms with Gasteiger partial charge in [-0.2, -0.15) is 0 Å². The summed E-state index contributed by atoms with van der Waals surface area (Å²) in [5.74, 6) is 6.44. The van der Waals surface area contributed by atoms with Crippen LogP contribution in [0.25, 0.3) is 0 Å². The molecular weight excluding hydrogens is 262 g/mol. The van der Waals surface area contributed by atoms with Crippen LogP contribution in [-0.2, 0) is 0 Å². The molecule has 5 N–H and O–H groups in total. The summed E-state index contributed by atoms with van der Waals surface area (Å²) in [5.41, 5.74) is 2.45. The van der Waals surface area contributed by atoms with E-state index in [1.165, 1.54) is 6.33 Å². The molecule has 1 aromatic heterocycles. The van der Waals surface area contributed by atoms with E-state index in [4.69, 9.17) is 10.9 Å². The van der Waals surface area contributed by atoms with Gasteiger partial charge in [0.15, 0.2) is 5.82 Å². The molecule has 0 fully saturated rings. The molecule has 0 saturated carbocycles. The number of aliphatic hydroxyl groups excluding tert-OH is 1. The van der Waals surface area contributed by atoms with E-state index in [2.05, 4.69) is 36.6 Å². The molecule has 1 unspecified atom stereocenters. The monoisotopic (exact) mass is 275 g/mol. The third-order valence-electron chi connectivity index (χ3n) is 1.87. The predicted octanol–water partition coefficient (Wildman–Crippen LogP) is 0.708. The minimum atomic E-state index is 0.131. The molecule has 84 valence electrons. The first-order valence-corrected chi connectivity index (χ1v) is 5.32. The molecule has 15 heavy (non-hydrogen) atoms. The summed E-state index contributed by atoms with van der Waals surface area (Å²) in [6.45, 7) is 2.10. The van der Waals surface area contributed by atoms with E-state index in [9.17, 15) is 0 Å². The molecule has 0 amide bonds. The highest BCUT2D eigenvalue weighted by atomic mass is 79.9. The van der Waals surface area contributed by atoms with Crippen molar-refractivity contribution in [2.75, 3.05) is 17.3 Å². The van der Waals surface area contributed by atoms with Gasteiger partial charge in [-0.05, 0) is 29.3 Å². The lowest BCUT2D eigenvalue weighted by Gasteiger charge is -2.15. The van der Waals surface area contributed by atoms with Gasteiger partial charge >= 0.3 is 0 Å². The average Bonchev–Trinajstić information content (AvgIpc) is 2.21. The molecule has 1 rings (SSSR count). The minimum absolute atomic E-state index is 0.131. The lowest BCUT2D eigenvalue weighted by molar-refractivity contribution is 0.282. The minimum Gasteiger partial charge on any atom is -0.396 e. The van der Waals surface area contributed by atoms with Gasteiger partial charge in [-0.3, -0.25) is 0 Å². The van der Waals surface area contributed by atoms with Crippen molar-refractivity contribution in [3.05, 3.63) is 10.8 Å². The normalized spacial score (nSPS) is 12.3. The SMILES string of the molecule is CC(CCO)Nc1ncnc(NN)c1Br. The number of halogens is 1. The van der Waals surface area contributed by atoms with Gasteiger partial charge in [-0.15, -0.1) is 0 Å². The topological polar surface area (TPSA) is 96.1 Å². The molecule has 0 aliphatic rings. The van der Waals surface area contributed by atoms with Crippen LogP contribution in [-0.4, -0.2) is 27.7 Å². The Hall–Kier alpha value is -0.920. The van der Waals surface area contributed by atoms with Gasteiger partial charge in [0, 0.05) is 12.6 Å². The zero-order valence-corrected chi connectivity index (χ0v) is 9.95. The van der Waals surface area contributed by atoms with E-state index < -0.39 is 0 Å². The number of nitrogens with two attached hydrogens (primary N) is 1. The van der Waals surface area contributed by atoms with Gasteiger partial charge in [-0.25, -0.2) is 15.8 Å². The number of anilines is 2. The van der Waals surface area contributed by atoms with E-state index in [1.807, 2.05) is 6.92 Å². The Morgan fingerprint density at radius 2 is 2.20 bits per heavy atom. The first-order valence-electron chi connectivity index (χ1n) is 4.53. The molecule has 0 aliphatic carbocycles. The number of hydrogen-bond donors (Lipinski definition) is 4. The Morgan fingerprint density at radius 1 is 1.53 bits per heavy atom. The summed E-state index contributed by atoms with van der Waals surface area (Å²) >= 11 is 3.33. The third kappa shape index (κ3) is 3.29. The number of nitrogens with one attached hydrogen (secondary N) is 2. The van der Waals surface area contributed by atoms with Crippen molar-refractivity contribution < 1.29 is 5.11 Å². The number of nitrogens with zero attached hydrogens (tertiary/aromatic N) is 2. The van der Waals surface area contributed by atoms with Crippen LogP contribution < -0.4 is 16.6 Å². The summed E-state index contributed by atoms with van der Waals surface area (Å²) in [6, 6.07) is 0.131. The quantitative estimate of drug-likeness (QED) is 0.467. The molecule has 0 bridgehead atoms. The fourth-order valence-corrected chi connectivity index (χ4v) is 1.50. The zero-order valence-electron chi connectivity index (χ0n) is 8.37. The van der Waals surface area contributed by atoms with E-state index >= 15 is 0 Å². The number of aromatic nitrogens is 2. The maximum Gasteiger partial charge on any atom is 0.159 e. The molecule has 1 heterocycles. The van der Waals surface area contributed by atoms with Crippen LogP contribution >= 0.6 is 15.9 Å². The van der Waals surface area contributed by atoms with Crippen molar-refractivity contribution in [3.8, 4) is 0 Å². The molecular formula is C8H14BrN5O. The smallest absolute Gasteiger partial charge is 0.159 e. The molecule has 0 aromatic carbocycles. The number of hydrazine groups is 1. The standard InChI is InChI=1S/C8H14BrN5O/c1-5(2-3-15)13-7-6(9)8(14-10)12-4-11-7/h4-5,15H,2-3,10H2,1H3,(H2,11,12,13,14). The second-order valence-electron chi connectivity index (χ2n) is 3.09. The zero-order chi connectivity index (χ0) is 11.3. The van der Waals surface area contributed by atoms with Crippen LogP contribution in [0.3, 0.4) is 0 Å². The highest BCUT2D eigenvalue weighted by molar-refractivity contribution is 9.10. The maximum atomic E-state index is 8.77. The Balaban J connectivity index is 2.76. The summed E-state index contributed by atoms with van der Waals surface area (Å²) in [7, 11) is 0. The van der Waals surface area contributed by atoms with Gasteiger partial charge in [0.2, 0.25) is 0 Å². The first kappa shape index (κ1) is 12.2. The van der Waals surface area contributed by atoms with Crippen LogP contribution in [0, 0.1) is 0 Å². The Bertz CT molecular complexity index is 322. The molecule has 0 aliphatic heterocycles. The molecule has 0 spiro atoms. The van der Waals surface area contributed by atoms with Gasteiger partial charge < -0.3 is 15.8 Å². The first-order chi connectivity index (χ1) is 7.19. The largest absolute Gasteiger partial charge is 0.396 e. The Labute approximate surface area is 96.4 Å². The van der Waals surface area contributed by atoms with E-state index in [1.54, 1.807) is 0 Å². The molecule has 7 heteroatoms. The summed E-state index contributed by atoms with van der Waals surface area (Å²) in [4.78, 5) is 7.99. The molecule has 1 aromatic rings. The number of nitrogen functional groups attached to an aromatic ring is 1. The summed E-state index contributed by atoms with van der Waals surface area (Å²) in [5, 5.41) is 11.9. The Kier molecular flexibility index (Phi) is 4.73. The van der Waals surface area contributed by atoms with Gasteiger partial charge in [0.05, 0.1) is 0 Å². The highest BCUT2D eigenvalue weighted by Crippen LogP contribution is 2.26. The van der Waals surface area contributed by atoms with E-state index in [-0.39, 0.29) is 12.6 Å². The van der Waals surface area contributed by atoms with Crippen LogP contribution in [0.5, 0.6) is 0 Å². The van der Waals surface area contributed by atoms with Crippen LogP contribution in [0.2, 0.25) is 0 Å². The van der Waals surface area contributed by atoms with Crippen LogP contribution in [0.1, 0.15) is 13.3 Å². The second kappa shape index (κ2) is 5.84. The van der Waals surface area contributed by atoms with Crippen molar-refractivity contribution in [2.24, 2.45) is 5.84 Å². The van der Waals surface area contributed by atoms with Gasteiger partial charge in [0.1, 0.15) is 16.6 Å². The van der Waals surface area contributed by atoms with Crippen molar-refractivity contribution >= 4 is 27.6 Å². The number of rotatable bonds is 5. The van der Waals surface area contributed by atoms with Gasteiger partial charge in [-0.1, -0.05) is 0 Å². The number of aliphatic hydroxyl groups is 1. The third-order valence-corrected chi connectivity index (χ3v) is 2.62. The van der Waals surface area contributed by atoms with Crippen molar-refractivity contribution in [1.29, 1.82) is 0 Å². The molecule has 0 saturated heterocycles. The Morgan fingerprint density at radius 3 is 2.80 bits per heavy atom. The fraction of sp³-hybridized carbons (Fsp3) is 0.500. The average molecular weight is 276 g/mol. The molecule has 6 nitrogen and oxygen atoms in total.